The lowest BCUT2D eigenvalue weighted by Crippen LogP contribution is -2.21. The highest BCUT2D eigenvalue weighted by molar-refractivity contribution is 5.85. The highest BCUT2D eigenvalue weighted by atomic mass is 35.5. The molecule has 2 aromatic rings. The highest BCUT2D eigenvalue weighted by Gasteiger charge is 2.04. The first-order chi connectivity index (χ1) is 8.29. The molecule has 0 aliphatic heterocycles. The Morgan fingerprint density at radius 3 is 2.56 bits per heavy atom. The van der Waals surface area contributed by atoms with Crippen molar-refractivity contribution >= 4 is 12.4 Å². The average molecular weight is 264 g/mol. The van der Waals surface area contributed by atoms with Crippen molar-refractivity contribution in [2.45, 2.75) is 25.8 Å². The zero-order chi connectivity index (χ0) is 12.1. The highest BCUT2D eigenvalue weighted by Crippen LogP contribution is 2.16. The molecule has 18 heavy (non-hydrogen) atoms. The molecular formula is C14H18ClN3. The summed E-state index contributed by atoms with van der Waals surface area (Å²) in [5.41, 5.74) is 8.25. The molecule has 1 unspecified atom stereocenters. The Kier molecular flexibility index (Phi) is 5.75. The first-order valence-corrected chi connectivity index (χ1v) is 5.91. The summed E-state index contributed by atoms with van der Waals surface area (Å²) < 4.78 is 0. The van der Waals surface area contributed by atoms with Crippen molar-refractivity contribution in [2.75, 3.05) is 0 Å². The van der Waals surface area contributed by atoms with Gasteiger partial charge in [-0.3, -0.25) is 0 Å². The SMILES string of the molecule is CCC(N)Cc1cccc(-c2ncccn2)c1.Cl. The Hall–Kier alpha value is -1.45. The third kappa shape index (κ3) is 3.79. The molecule has 0 radical (unpaired) electrons. The number of nitrogens with two attached hydrogens (primary N) is 1. The van der Waals surface area contributed by atoms with E-state index in [1.54, 1.807) is 12.4 Å². The van der Waals surface area contributed by atoms with Gasteiger partial charge in [0, 0.05) is 24.0 Å². The summed E-state index contributed by atoms with van der Waals surface area (Å²) in [5.74, 6) is 0.763. The summed E-state index contributed by atoms with van der Waals surface area (Å²) >= 11 is 0. The normalized spacial score (nSPS) is 11.7. The third-order valence-electron chi connectivity index (χ3n) is 2.77. The Balaban J connectivity index is 0.00000162. The minimum absolute atomic E-state index is 0. The van der Waals surface area contributed by atoms with Gasteiger partial charge >= 0.3 is 0 Å². The number of benzene rings is 1. The number of hydrogen-bond donors (Lipinski definition) is 1. The van der Waals surface area contributed by atoms with Crippen LogP contribution in [0.2, 0.25) is 0 Å². The van der Waals surface area contributed by atoms with Crippen molar-refractivity contribution in [3.63, 3.8) is 0 Å². The van der Waals surface area contributed by atoms with Gasteiger partial charge < -0.3 is 5.73 Å². The molecule has 0 saturated heterocycles. The van der Waals surface area contributed by atoms with Crippen molar-refractivity contribution in [1.29, 1.82) is 0 Å². The van der Waals surface area contributed by atoms with Crippen molar-refractivity contribution in [3.8, 4) is 11.4 Å². The quantitative estimate of drug-likeness (QED) is 0.923. The average Bonchev–Trinajstić information content (AvgIpc) is 2.40. The number of aromatic nitrogens is 2. The Labute approximate surface area is 114 Å². The van der Waals surface area contributed by atoms with E-state index in [-0.39, 0.29) is 18.4 Å². The molecule has 0 spiro atoms. The van der Waals surface area contributed by atoms with Crippen LogP contribution in [0.3, 0.4) is 0 Å². The van der Waals surface area contributed by atoms with Gasteiger partial charge in [0.2, 0.25) is 0 Å². The number of nitrogens with zero attached hydrogens (tertiary/aromatic N) is 2. The molecule has 1 atom stereocenters. The van der Waals surface area contributed by atoms with Gasteiger partial charge in [-0.2, -0.15) is 0 Å². The molecule has 1 heterocycles. The van der Waals surface area contributed by atoms with Gasteiger partial charge in [0.15, 0.2) is 5.82 Å². The molecule has 0 saturated carbocycles. The van der Waals surface area contributed by atoms with Crippen LogP contribution >= 0.6 is 12.4 Å². The molecule has 0 amide bonds. The molecule has 2 rings (SSSR count). The largest absolute Gasteiger partial charge is 0.327 e. The van der Waals surface area contributed by atoms with Gasteiger partial charge in [-0.25, -0.2) is 9.97 Å². The summed E-state index contributed by atoms with van der Waals surface area (Å²) in [5, 5.41) is 0. The van der Waals surface area contributed by atoms with Gasteiger partial charge in [-0.1, -0.05) is 25.1 Å². The summed E-state index contributed by atoms with van der Waals surface area (Å²) in [6, 6.07) is 10.3. The van der Waals surface area contributed by atoms with Crippen LogP contribution in [-0.4, -0.2) is 16.0 Å². The molecule has 0 aliphatic carbocycles. The third-order valence-corrected chi connectivity index (χ3v) is 2.77. The second-order valence-electron chi connectivity index (χ2n) is 4.15. The lowest BCUT2D eigenvalue weighted by molar-refractivity contribution is 0.646. The van der Waals surface area contributed by atoms with E-state index in [0.29, 0.717) is 0 Å². The monoisotopic (exact) mass is 263 g/mol. The standard InChI is InChI=1S/C14H17N3.ClH/c1-2-13(15)10-11-5-3-6-12(9-11)14-16-7-4-8-17-14;/h3-9,13H,2,10,15H2,1H3;1H. The Morgan fingerprint density at radius 2 is 1.89 bits per heavy atom. The minimum Gasteiger partial charge on any atom is -0.327 e. The van der Waals surface area contributed by atoms with Gasteiger partial charge in [-0.05, 0) is 30.5 Å². The molecular weight excluding hydrogens is 246 g/mol. The van der Waals surface area contributed by atoms with Crippen molar-refractivity contribution < 1.29 is 0 Å². The van der Waals surface area contributed by atoms with Crippen molar-refractivity contribution in [2.24, 2.45) is 5.73 Å². The van der Waals surface area contributed by atoms with Crippen molar-refractivity contribution in [3.05, 3.63) is 48.3 Å². The molecule has 0 fully saturated rings. The van der Waals surface area contributed by atoms with Crippen LogP contribution < -0.4 is 5.73 Å². The van der Waals surface area contributed by atoms with Crippen LogP contribution in [-0.2, 0) is 6.42 Å². The maximum atomic E-state index is 5.96. The second kappa shape index (κ2) is 7.09. The smallest absolute Gasteiger partial charge is 0.159 e. The second-order valence-corrected chi connectivity index (χ2v) is 4.15. The molecule has 96 valence electrons. The summed E-state index contributed by atoms with van der Waals surface area (Å²) in [6.07, 6.45) is 5.41. The summed E-state index contributed by atoms with van der Waals surface area (Å²) in [7, 11) is 0. The predicted molar refractivity (Wildman–Crippen MR) is 76.7 cm³/mol. The van der Waals surface area contributed by atoms with Gasteiger partial charge in [0.1, 0.15) is 0 Å². The fraction of sp³-hybridized carbons (Fsp3) is 0.286. The molecule has 2 N–H and O–H groups in total. The van der Waals surface area contributed by atoms with E-state index in [2.05, 4.69) is 29.0 Å². The maximum absolute atomic E-state index is 5.96. The Morgan fingerprint density at radius 1 is 1.17 bits per heavy atom. The fourth-order valence-electron chi connectivity index (χ4n) is 1.73. The zero-order valence-electron chi connectivity index (χ0n) is 10.4. The topological polar surface area (TPSA) is 51.8 Å². The summed E-state index contributed by atoms with van der Waals surface area (Å²) in [6.45, 7) is 2.11. The van der Waals surface area contributed by atoms with Crippen LogP contribution in [0.5, 0.6) is 0 Å². The number of halogens is 1. The van der Waals surface area contributed by atoms with Crippen LogP contribution in [0, 0.1) is 0 Å². The lowest BCUT2D eigenvalue weighted by Gasteiger charge is -2.09. The number of hydrogen-bond acceptors (Lipinski definition) is 3. The molecule has 0 bridgehead atoms. The van der Waals surface area contributed by atoms with Gasteiger partial charge in [0.05, 0.1) is 0 Å². The van der Waals surface area contributed by atoms with Crippen LogP contribution in [0.15, 0.2) is 42.7 Å². The van der Waals surface area contributed by atoms with E-state index in [1.165, 1.54) is 5.56 Å². The van der Waals surface area contributed by atoms with E-state index in [1.807, 2.05) is 18.2 Å². The lowest BCUT2D eigenvalue weighted by atomic mass is 10.0. The van der Waals surface area contributed by atoms with Gasteiger partial charge in [0.25, 0.3) is 0 Å². The molecule has 4 heteroatoms. The van der Waals surface area contributed by atoms with Crippen LogP contribution in [0.1, 0.15) is 18.9 Å². The minimum atomic E-state index is 0. The van der Waals surface area contributed by atoms with Crippen LogP contribution in [0.4, 0.5) is 0 Å². The first kappa shape index (κ1) is 14.6. The Bertz CT molecular complexity index is 473. The van der Waals surface area contributed by atoms with E-state index >= 15 is 0 Å². The van der Waals surface area contributed by atoms with E-state index in [9.17, 15) is 0 Å². The van der Waals surface area contributed by atoms with Gasteiger partial charge in [-0.15, -0.1) is 12.4 Å². The molecule has 0 aliphatic rings. The zero-order valence-corrected chi connectivity index (χ0v) is 11.2. The number of rotatable bonds is 4. The maximum Gasteiger partial charge on any atom is 0.159 e. The molecule has 1 aromatic carbocycles. The predicted octanol–water partition coefficient (Wildman–Crippen LogP) is 2.85. The van der Waals surface area contributed by atoms with E-state index in [4.69, 9.17) is 5.73 Å². The molecule has 3 nitrogen and oxygen atoms in total. The summed E-state index contributed by atoms with van der Waals surface area (Å²) in [4.78, 5) is 8.49. The molecule has 1 aromatic heterocycles. The van der Waals surface area contributed by atoms with Crippen LogP contribution in [0.25, 0.3) is 11.4 Å². The van der Waals surface area contributed by atoms with E-state index in [0.717, 1.165) is 24.2 Å². The fourth-order valence-corrected chi connectivity index (χ4v) is 1.73. The first-order valence-electron chi connectivity index (χ1n) is 5.91. The van der Waals surface area contributed by atoms with E-state index < -0.39 is 0 Å². The van der Waals surface area contributed by atoms with Crippen molar-refractivity contribution in [1.82, 2.24) is 9.97 Å².